The van der Waals surface area contributed by atoms with E-state index in [0.29, 0.717) is 37.4 Å². The highest BCUT2D eigenvalue weighted by Crippen LogP contribution is 2.39. The van der Waals surface area contributed by atoms with Crippen molar-refractivity contribution >= 4 is 23.4 Å². The summed E-state index contributed by atoms with van der Waals surface area (Å²) < 4.78 is 108. The maximum Gasteiger partial charge on any atom is 0.434 e. The maximum atomic E-state index is 13.7. The molecule has 0 bridgehead atoms. The average molecular weight is 594 g/mol. The summed E-state index contributed by atoms with van der Waals surface area (Å²) in [5, 5.41) is 0.460. The van der Waals surface area contributed by atoms with Crippen LogP contribution < -0.4 is 4.90 Å². The predicted molar refractivity (Wildman–Crippen MR) is 130 cm³/mol. The average Bonchev–Trinajstić information content (AvgIpc) is 2.85. The molecular formula is C25H32ClF8N3O2. The quantitative estimate of drug-likeness (QED) is 0.312. The Labute approximate surface area is 227 Å². The highest BCUT2D eigenvalue weighted by atomic mass is 35.5. The third-order valence-electron chi connectivity index (χ3n) is 7.72. The Kier molecular flexibility index (Phi) is 9.56. The molecule has 3 rings (SSSR count). The van der Waals surface area contributed by atoms with Gasteiger partial charge in [-0.15, -0.1) is 0 Å². The number of nitrogens with zero attached hydrogens (tertiary/aromatic N) is 3. The van der Waals surface area contributed by atoms with Crippen molar-refractivity contribution in [2.24, 2.45) is 0 Å². The second-order valence-corrected chi connectivity index (χ2v) is 10.5. The molecule has 1 aromatic carbocycles. The Balaban J connectivity index is 1.73. The zero-order chi connectivity index (χ0) is 29.2. The van der Waals surface area contributed by atoms with E-state index in [0.717, 1.165) is 16.2 Å². The lowest BCUT2D eigenvalue weighted by Crippen LogP contribution is -2.56. The van der Waals surface area contributed by atoms with Crippen LogP contribution in [0.4, 0.5) is 45.6 Å². The topological polar surface area (TPSA) is 36.0 Å². The SMILES string of the molecule is CCN(Cc1ccc(Cl)cc1N1CCC(F)(F)CC1)C1(CC)CCN(C(=O)OC(C(F)(F)F)C(F)(F)F)CC1. The molecule has 0 radical (unpaired) electrons. The van der Waals surface area contributed by atoms with Gasteiger partial charge in [0.05, 0.1) is 0 Å². The summed E-state index contributed by atoms with van der Waals surface area (Å²) in [6, 6.07) is 5.28. The summed E-state index contributed by atoms with van der Waals surface area (Å²) in [6.07, 6.45) is -16.8. The van der Waals surface area contributed by atoms with Crippen LogP contribution in [0, 0.1) is 0 Å². The van der Waals surface area contributed by atoms with Gasteiger partial charge in [-0.05, 0) is 43.5 Å². The standard InChI is InChI=1S/C25H32ClF8N3O2/c1-3-22(7-11-36(12-8-22)21(38)39-20(24(29,30)31)25(32,33)34)37(4-2)16-17-5-6-18(26)15-19(17)35-13-9-23(27,28)10-14-35/h5-6,15,20H,3-4,7-14,16H2,1-2H3. The van der Waals surface area contributed by atoms with Gasteiger partial charge in [0.15, 0.2) is 0 Å². The van der Waals surface area contributed by atoms with Crippen LogP contribution in [0.2, 0.25) is 5.02 Å². The number of likely N-dealkylation sites (tertiary alicyclic amines) is 1. The fraction of sp³-hybridized carbons (Fsp3) is 0.720. The summed E-state index contributed by atoms with van der Waals surface area (Å²) >= 11 is 6.23. The smallest absolute Gasteiger partial charge is 0.426 e. The van der Waals surface area contributed by atoms with E-state index < -0.39 is 36.0 Å². The summed E-state index contributed by atoms with van der Waals surface area (Å²) in [5.74, 6) is -2.72. The van der Waals surface area contributed by atoms with Gasteiger partial charge in [-0.1, -0.05) is 31.5 Å². The molecule has 2 heterocycles. The van der Waals surface area contributed by atoms with Gasteiger partial charge in [-0.3, -0.25) is 4.90 Å². The molecule has 1 aromatic rings. The van der Waals surface area contributed by atoms with Crippen molar-refractivity contribution in [3.63, 3.8) is 0 Å². The van der Waals surface area contributed by atoms with E-state index in [4.69, 9.17) is 11.6 Å². The summed E-state index contributed by atoms with van der Waals surface area (Å²) in [4.78, 5) is 17.1. The molecule has 0 aromatic heterocycles. The van der Waals surface area contributed by atoms with Gasteiger partial charge >= 0.3 is 18.4 Å². The van der Waals surface area contributed by atoms with Gasteiger partial charge < -0.3 is 14.5 Å². The first kappa shape index (κ1) is 31.5. The lowest BCUT2D eigenvalue weighted by Gasteiger charge is -2.48. The molecule has 0 N–H and O–H groups in total. The Bertz CT molecular complexity index is 973. The number of carbonyl (C=O) groups is 1. The number of alkyl halides is 8. The molecular weight excluding hydrogens is 562 g/mol. The van der Waals surface area contributed by atoms with Crippen LogP contribution >= 0.6 is 11.6 Å². The third-order valence-corrected chi connectivity index (χ3v) is 7.96. The van der Waals surface area contributed by atoms with Crippen LogP contribution in [-0.2, 0) is 11.3 Å². The van der Waals surface area contributed by atoms with Crippen LogP contribution in [-0.4, -0.2) is 78.5 Å². The van der Waals surface area contributed by atoms with Crippen molar-refractivity contribution in [1.29, 1.82) is 0 Å². The van der Waals surface area contributed by atoms with Crippen LogP contribution in [0.15, 0.2) is 18.2 Å². The molecule has 0 saturated carbocycles. The molecule has 0 aliphatic carbocycles. The number of hydrogen-bond donors (Lipinski definition) is 0. The first-order valence-electron chi connectivity index (χ1n) is 12.8. The van der Waals surface area contributed by atoms with E-state index in [1.165, 1.54) is 0 Å². The van der Waals surface area contributed by atoms with Gasteiger partial charge in [0, 0.05) is 61.8 Å². The molecule has 1 amide bonds. The Morgan fingerprint density at radius 3 is 2.05 bits per heavy atom. The van der Waals surface area contributed by atoms with Crippen molar-refractivity contribution in [2.45, 2.75) is 82.4 Å². The van der Waals surface area contributed by atoms with Crippen LogP contribution in [0.5, 0.6) is 0 Å². The van der Waals surface area contributed by atoms with Crippen molar-refractivity contribution in [3.05, 3.63) is 28.8 Å². The molecule has 0 atom stereocenters. The maximum absolute atomic E-state index is 13.7. The van der Waals surface area contributed by atoms with Gasteiger partial charge in [-0.25, -0.2) is 13.6 Å². The van der Waals surface area contributed by atoms with Gasteiger partial charge in [-0.2, -0.15) is 26.3 Å². The fourth-order valence-electron chi connectivity index (χ4n) is 5.35. The number of hydrogen-bond acceptors (Lipinski definition) is 4. The molecule has 39 heavy (non-hydrogen) atoms. The van der Waals surface area contributed by atoms with E-state index in [1.54, 1.807) is 12.1 Å². The number of amides is 1. The number of carbonyl (C=O) groups excluding carboxylic acids is 1. The highest BCUT2D eigenvalue weighted by Gasteiger charge is 2.60. The van der Waals surface area contributed by atoms with Gasteiger partial charge in [0.2, 0.25) is 0 Å². The number of rotatable bonds is 7. The van der Waals surface area contributed by atoms with Crippen molar-refractivity contribution in [1.82, 2.24) is 9.80 Å². The molecule has 2 fully saturated rings. The van der Waals surface area contributed by atoms with E-state index in [-0.39, 0.29) is 39.0 Å². The minimum Gasteiger partial charge on any atom is -0.426 e. The summed E-state index contributed by atoms with van der Waals surface area (Å²) in [5.41, 5.74) is 1.11. The Morgan fingerprint density at radius 1 is 1.00 bits per heavy atom. The summed E-state index contributed by atoms with van der Waals surface area (Å²) in [6.45, 7) is 4.99. The normalized spacial score (nSPS) is 20.0. The number of anilines is 1. The van der Waals surface area contributed by atoms with Crippen LogP contribution in [0.1, 0.15) is 51.5 Å². The molecule has 14 heteroatoms. The van der Waals surface area contributed by atoms with Gasteiger partial charge in [0.25, 0.3) is 12.0 Å². The fourth-order valence-corrected chi connectivity index (χ4v) is 5.52. The molecule has 0 spiro atoms. The monoisotopic (exact) mass is 593 g/mol. The Hall–Kier alpha value is -2.02. The minimum atomic E-state index is -5.78. The zero-order valence-corrected chi connectivity index (χ0v) is 22.4. The zero-order valence-electron chi connectivity index (χ0n) is 21.6. The van der Waals surface area contributed by atoms with E-state index in [1.807, 2.05) is 24.8 Å². The molecule has 222 valence electrons. The second-order valence-electron chi connectivity index (χ2n) is 10.0. The lowest BCUT2D eigenvalue weighted by atomic mass is 9.82. The summed E-state index contributed by atoms with van der Waals surface area (Å²) in [7, 11) is 0. The minimum absolute atomic E-state index is 0.0830. The van der Waals surface area contributed by atoms with Crippen LogP contribution in [0.25, 0.3) is 0 Å². The number of benzene rings is 1. The number of piperidine rings is 2. The van der Waals surface area contributed by atoms with Crippen LogP contribution in [0.3, 0.4) is 0 Å². The number of halogens is 9. The number of ether oxygens (including phenoxy) is 1. The Morgan fingerprint density at radius 2 is 1.56 bits per heavy atom. The van der Waals surface area contributed by atoms with Gasteiger partial charge in [0.1, 0.15) is 0 Å². The van der Waals surface area contributed by atoms with Crippen molar-refractivity contribution in [2.75, 3.05) is 37.6 Å². The predicted octanol–water partition coefficient (Wildman–Crippen LogP) is 7.27. The molecule has 2 saturated heterocycles. The lowest BCUT2D eigenvalue weighted by molar-refractivity contribution is -0.308. The molecule has 0 unspecified atom stereocenters. The largest absolute Gasteiger partial charge is 0.434 e. The van der Waals surface area contributed by atoms with E-state index in [9.17, 15) is 39.9 Å². The molecule has 5 nitrogen and oxygen atoms in total. The van der Waals surface area contributed by atoms with E-state index in [2.05, 4.69) is 9.64 Å². The van der Waals surface area contributed by atoms with Crippen molar-refractivity contribution < 1.29 is 44.7 Å². The molecule has 2 aliphatic heterocycles. The van der Waals surface area contributed by atoms with Crippen molar-refractivity contribution in [3.8, 4) is 0 Å². The second kappa shape index (κ2) is 11.8. The van der Waals surface area contributed by atoms with E-state index >= 15 is 0 Å². The molecule has 2 aliphatic rings. The highest BCUT2D eigenvalue weighted by molar-refractivity contribution is 6.30. The first-order chi connectivity index (χ1) is 18.0. The third kappa shape index (κ3) is 7.59. The first-order valence-corrected chi connectivity index (χ1v) is 13.1.